The Morgan fingerprint density at radius 2 is 1.95 bits per heavy atom. The van der Waals surface area contributed by atoms with Crippen LogP contribution in [0.1, 0.15) is 5.56 Å². The molecular weight excluding hydrogens is 256 g/mol. The predicted octanol–water partition coefficient (Wildman–Crippen LogP) is 1.13. The fourth-order valence-corrected chi connectivity index (χ4v) is 3.41. The summed E-state index contributed by atoms with van der Waals surface area (Å²) in [5.74, 6) is 0. The molecule has 1 aromatic rings. The Labute approximate surface area is 117 Å². The Balaban J connectivity index is 2.64. The number of benzene rings is 1. The summed E-state index contributed by atoms with van der Waals surface area (Å²) >= 11 is 0. The second-order valence-corrected chi connectivity index (χ2v) is 6.80. The van der Waals surface area contributed by atoms with Crippen molar-refractivity contribution in [3.8, 4) is 0 Å². The summed E-state index contributed by atoms with van der Waals surface area (Å²) < 4.78 is 10.9. The number of hydrogen-bond acceptors (Lipinski definition) is 4. The molecule has 0 saturated heterocycles. The molecule has 19 heavy (non-hydrogen) atoms. The molecule has 0 aromatic heterocycles. The fourth-order valence-electron chi connectivity index (χ4n) is 1.87. The number of rotatable bonds is 9. The molecular formula is C14H24N2O2Si. The van der Waals surface area contributed by atoms with Gasteiger partial charge in [-0.1, -0.05) is 42.5 Å². The predicted molar refractivity (Wildman–Crippen MR) is 82.3 cm³/mol. The van der Waals surface area contributed by atoms with Gasteiger partial charge < -0.3 is 19.9 Å². The van der Waals surface area contributed by atoms with E-state index in [-0.39, 0.29) is 5.54 Å². The van der Waals surface area contributed by atoms with E-state index in [1.807, 2.05) is 18.2 Å². The number of hydrogen-bond donors (Lipinski definition) is 2. The van der Waals surface area contributed by atoms with Gasteiger partial charge in [-0.25, -0.2) is 0 Å². The molecule has 0 saturated carbocycles. The van der Waals surface area contributed by atoms with Gasteiger partial charge in [0, 0.05) is 39.4 Å². The molecule has 1 aromatic carbocycles. The first-order valence-electron chi connectivity index (χ1n) is 6.51. The van der Waals surface area contributed by atoms with E-state index in [2.05, 4.69) is 29.6 Å². The summed E-state index contributed by atoms with van der Waals surface area (Å²) in [6.45, 7) is 2.28. The van der Waals surface area contributed by atoms with Crippen molar-refractivity contribution < 1.29 is 8.85 Å². The van der Waals surface area contributed by atoms with Crippen molar-refractivity contribution in [2.75, 3.05) is 33.9 Å². The third-order valence-electron chi connectivity index (χ3n) is 2.85. The van der Waals surface area contributed by atoms with E-state index >= 15 is 0 Å². The molecule has 0 aliphatic rings. The van der Waals surface area contributed by atoms with Gasteiger partial charge in [-0.2, -0.15) is 0 Å². The van der Waals surface area contributed by atoms with E-state index in [0.717, 1.165) is 13.1 Å². The van der Waals surface area contributed by atoms with Crippen LogP contribution in [0.5, 0.6) is 0 Å². The van der Waals surface area contributed by atoms with Crippen LogP contribution < -0.4 is 11.1 Å². The van der Waals surface area contributed by atoms with Crippen molar-refractivity contribution in [2.45, 2.75) is 5.54 Å². The van der Waals surface area contributed by atoms with Crippen molar-refractivity contribution in [1.29, 1.82) is 0 Å². The van der Waals surface area contributed by atoms with Gasteiger partial charge in [-0.05, 0) is 5.56 Å². The molecule has 0 spiro atoms. The van der Waals surface area contributed by atoms with Gasteiger partial charge in [-0.3, -0.25) is 0 Å². The molecule has 3 N–H and O–H groups in total. The molecule has 1 atom stereocenters. The van der Waals surface area contributed by atoms with Crippen LogP contribution in [-0.4, -0.2) is 43.1 Å². The van der Waals surface area contributed by atoms with Crippen LogP contribution in [0.25, 0.3) is 6.08 Å². The SMILES string of the molecule is CO[SiH](OC)C(/C=C/c1ccccc1)CNCCN. The summed E-state index contributed by atoms with van der Waals surface area (Å²) in [6.07, 6.45) is 4.29. The van der Waals surface area contributed by atoms with Gasteiger partial charge in [0.05, 0.1) is 0 Å². The molecule has 0 fully saturated rings. The molecule has 106 valence electrons. The van der Waals surface area contributed by atoms with E-state index in [1.54, 1.807) is 14.2 Å². The summed E-state index contributed by atoms with van der Waals surface area (Å²) in [5, 5.41) is 3.32. The Bertz CT molecular complexity index is 356. The van der Waals surface area contributed by atoms with Crippen LogP contribution in [0.2, 0.25) is 5.54 Å². The van der Waals surface area contributed by atoms with Crippen LogP contribution >= 0.6 is 0 Å². The highest BCUT2D eigenvalue weighted by Gasteiger charge is 2.21. The number of nitrogens with two attached hydrogens (primary N) is 1. The highest BCUT2D eigenvalue weighted by molar-refractivity contribution is 6.47. The van der Waals surface area contributed by atoms with Crippen LogP contribution in [0.15, 0.2) is 36.4 Å². The lowest BCUT2D eigenvalue weighted by molar-refractivity contribution is 0.269. The largest absolute Gasteiger partial charge is 0.400 e. The first-order chi connectivity index (χ1) is 9.31. The van der Waals surface area contributed by atoms with Crippen LogP contribution in [0.4, 0.5) is 0 Å². The lowest BCUT2D eigenvalue weighted by Crippen LogP contribution is -2.34. The minimum Gasteiger partial charge on any atom is -0.400 e. The topological polar surface area (TPSA) is 56.5 Å². The molecule has 1 unspecified atom stereocenters. The molecule has 0 aliphatic heterocycles. The van der Waals surface area contributed by atoms with E-state index in [1.165, 1.54) is 5.56 Å². The quantitative estimate of drug-likeness (QED) is 0.526. The zero-order chi connectivity index (χ0) is 13.9. The second kappa shape index (κ2) is 9.88. The minimum atomic E-state index is -1.68. The Hall–Kier alpha value is -0.983. The summed E-state index contributed by atoms with van der Waals surface area (Å²) in [4.78, 5) is 0. The van der Waals surface area contributed by atoms with Gasteiger partial charge in [0.15, 0.2) is 0 Å². The average Bonchev–Trinajstić information content (AvgIpc) is 2.46. The first kappa shape index (κ1) is 16.1. The smallest absolute Gasteiger partial charge is 0.329 e. The number of nitrogens with one attached hydrogen (secondary N) is 1. The van der Waals surface area contributed by atoms with Crippen LogP contribution in [0.3, 0.4) is 0 Å². The first-order valence-corrected chi connectivity index (χ1v) is 8.12. The van der Waals surface area contributed by atoms with Crippen molar-refractivity contribution in [3.05, 3.63) is 42.0 Å². The van der Waals surface area contributed by atoms with Crippen LogP contribution in [0, 0.1) is 0 Å². The average molecular weight is 280 g/mol. The highest BCUT2D eigenvalue weighted by atomic mass is 28.3. The monoisotopic (exact) mass is 280 g/mol. The third-order valence-corrected chi connectivity index (χ3v) is 4.94. The molecule has 5 heteroatoms. The maximum atomic E-state index is 5.49. The van der Waals surface area contributed by atoms with E-state index < -0.39 is 9.28 Å². The van der Waals surface area contributed by atoms with Crippen molar-refractivity contribution in [1.82, 2.24) is 5.32 Å². The molecule has 0 heterocycles. The van der Waals surface area contributed by atoms with Gasteiger partial charge in [0.2, 0.25) is 0 Å². The lowest BCUT2D eigenvalue weighted by Gasteiger charge is -2.20. The van der Waals surface area contributed by atoms with Gasteiger partial charge in [-0.15, -0.1) is 0 Å². The maximum Gasteiger partial charge on any atom is 0.329 e. The van der Waals surface area contributed by atoms with Crippen molar-refractivity contribution >= 4 is 15.4 Å². The molecule has 4 nitrogen and oxygen atoms in total. The van der Waals surface area contributed by atoms with Gasteiger partial charge >= 0.3 is 9.28 Å². The summed E-state index contributed by atoms with van der Waals surface area (Å²) in [6, 6.07) is 10.2. The zero-order valence-electron chi connectivity index (χ0n) is 11.7. The normalized spacial score (nSPS) is 13.3. The van der Waals surface area contributed by atoms with E-state index in [9.17, 15) is 0 Å². The second-order valence-electron chi connectivity index (χ2n) is 4.27. The fraction of sp³-hybridized carbons (Fsp3) is 0.429. The Morgan fingerprint density at radius 1 is 1.26 bits per heavy atom. The minimum absolute atomic E-state index is 0.279. The van der Waals surface area contributed by atoms with Gasteiger partial charge in [0.1, 0.15) is 0 Å². The third kappa shape index (κ3) is 6.13. The Morgan fingerprint density at radius 3 is 2.53 bits per heavy atom. The van der Waals surface area contributed by atoms with Crippen LogP contribution in [-0.2, 0) is 8.85 Å². The highest BCUT2D eigenvalue weighted by Crippen LogP contribution is 2.15. The summed E-state index contributed by atoms with van der Waals surface area (Å²) in [7, 11) is 1.75. The lowest BCUT2D eigenvalue weighted by atomic mass is 10.2. The van der Waals surface area contributed by atoms with Gasteiger partial charge in [0.25, 0.3) is 0 Å². The zero-order valence-corrected chi connectivity index (χ0v) is 12.9. The van der Waals surface area contributed by atoms with E-state index in [0.29, 0.717) is 6.54 Å². The molecule has 1 rings (SSSR count). The molecule has 0 radical (unpaired) electrons. The molecule has 0 bridgehead atoms. The molecule has 0 amide bonds. The maximum absolute atomic E-state index is 5.49. The standard InChI is InChI=1S/C14H24N2O2Si/c1-17-19(18-2)14(12-16-11-10-15)9-8-13-6-4-3-5-7-13/h3-9,14,16,19H,10-12,15H2,1-2H3/b9-8+. The molecule has 0 aliphatic carbocycles. The summed E-state index contributed by atoms with van der Waals surface area (Å²) in [5.41, 5.74) is 6.95. The van der Waals surface area contributed by atoms with Crippen molar-refractivity contribution in [3.63, 3.8) is 0 Å². The van der Waals surface area contributed by atoms with E-state index in [4.69, 9.17) is 14.6 Å². The van der Waals surface area contributed by atoms with Crippen molar-refractivity contribution in [2.24, 2.45) is 5.73 Å². The Kier molecular flexibility index (Phi) is 8.36.